The van der Waals surface area contributed by atoms with Crippen LogP contribution in [-0.4, -0.2) is 9.55 Å². The first-order valence-electron chi connectivity index (χ1n) is 4.88. The Hall–Kier alpha value is -0.790. The van der Waals surface area contributed by atoms with Crippen molar-refractivity contribution in [3.63, 3.8) is 0 Å². The lowest BCUT2D eigenvalue weighted by molar-refractivity contribution is 0.425. The van der Waals surface area contributed by atoms with Crippen molar-refractivity contribution in [2.75, 3.05) is 0 Å². The molecule has 0 bridgehead atoms. The maximum Gasteiger partial charge on any atom is 0.109 e. The standard InChI is InChI=1S/C10H16N2/c1-3-9-7-12-8(2)5-4-6-10(12)11-9/h7-8H,3-6H2,1-2H3. The average molecular weight is 164 g/mol. The second-order valence-corrected chi connectivity index (χ2v) is 3.65. The fraction of sp³-hybridized carbons (Fsp3) is 0.700. The molecule has 2 heteroatoms. The van der Waals surface area contributed by atoms with E-state index in [9.17, 15) is 0 Å². The molecule has 0 N–H and O–H groups in total. The monoisotopic (exact) mass is 164 g/mol. The van der Waals surface area contributed by atoms with Crippen molar-refractivity contribution in [3.05, 3.63) is 17.7 Å². The number of imidazole rings is 1. The van der Waals surface area contributed by atoms with Gasteiger partial charge >= 0.3 is 0 Å². The van der Waals surface area contributed by atoms with E-state index >= 15 is 0 Å². The normalized spacial score (nSPS) is 22.3. The fourth-order valence-electron chi connectivity index (χ4n) is 1.92. The van der Waals surface area contributed by atoms with Crippen molar-refractivity contribution >= 4 is 0 Å². The van der Waals surface area contributed by atoms with Crippen LogP contribution in [0.15, 0.2) is 6.20 Å². The summed E-state index contributed by atoms with van der Waals surface area (Å²) < 4.78 is 2.35. The molecule has 0 saturated heterocycles. The van der Waals surface area contributed by atoms with Gasteiger partial charge in [-0.1, -0.05) is 6.92 Å². The Morgan fingerprint density at radius 2 is 2.50 bits per heavy atom. The van der Waals surface area contributed by atoms with E-state index in [-0.39, 0.29) is 0 Å². The molecule has 1 aliphatic rings. The van der Waals surface area contributed by atoms with E-state index in [1.165, 1.54) is 30.8 Å². The summed E-state index contributed by atoms with van der Waals surface area (Å²) in [5.41, 5.74) is 1.25. The zero-order valence-electron chi connectivity index (χ0n) is 7.88. The van der Waals surface area contributed by atoms with E-state index in [4.69, 9.17) is 0 Å². The van der Waals surface area contributed by atoms with Gasteiger partial charge < -0.3 is 4.57 Å². The first kappa shape index (κ1) is 7.84. The molecule has 0 saturated carbocycles. The number of rotatable bonds is 1. The molecule has 0 spiro atoms. The van der Waals surface area contributed by atoms with Crippen molar-refractivity contribution in [2.24, 2.45) is 0 Å². The van der Waals surface area contributed by atoms with Crippen molar-refractivity contribution in [2.45, 2.75) is 45.6 Å². The Bertz CT molecular complexity index is 275. The molecule has 0 aromatic carbocycles. The van der Waals surface area contributed by atoms with Gasteiger partial charge in [0.2, 0.25) is 0 Å². The minimum absolute atomic E-state index is 0.668. The molecule has 0 radical (unpaired) electrons. The zero-order valence-corrected chi connectivity index (χ0v) is 7.88. The summed E-state index contributed by atoms with van der Waals surface area (Å²) in [5, 5.41) is 0. The first-order chi connectivity index (χ1) is 5.81. The number of fused-ring (bicyclic) bond motifs is 1. The van der Waals surface area contributed by atoms with Gasteiger partial charge in [0.05, 0.1) is 5.69 Å². The molecule has 66 valence electrons. The third-order valence-electron chi connectivity index (χ3n) is 2.72. The summed E-state index contributed by atoms with van der Waals surface area (Å²) in [7, 11) is 0. The second-order valence-electron chi connectivity index (χ2n) is 3.65. The molecule has 1 unspecified atom stereocenters. The molecule has 0 fully saturated rings. The van der Waals surface area contributed by atoms with Gasteiger partial charge in [0.15, 0.2) is 0 Å². The smallest absolute Gasteiger partial charge is 0.109 e. The summed E-state index contributed by atoms with van der Waals surface area (Å²) >= 11 is 0. The molecule has 1 aromatic rings. The maximum atomic E-state index is 4.58. The lowest BCUT2D eigenvalue weighted by Crippen LogP contribution is -2.14. The molecule has 2 nitrogen and oxygen atoms in total. The molecule has 1 aromatic heterocycles. The average Bonchev–Trinajstić information content (AvgIpc) is 2.49. The highest BCUT2D eigenvalue weighted by Gasteiger charge is 2.16. The number of hydrogen-bond acceptors (Lipinski definition) is 1. The van der Waals surface area contributed by atoms with Crippen molar-refractivity contribution < 1.29 is 0 Å². The Morgan fingerprint density at radius 3 is 3.17 bits per heavy atom. The fourth-order valence-corrected chi connectivity index (χ4v) is 1.92. The first-order valence-corrected chi connectivity index (χ1v) is 4.88. The van der Waals surface area contributed by atoms with Gasteiger partial charge in [0.1, 0.15) is 5.82 Å². The lowest BCUT2D eigenvalue weighted by Gasteiger charge is -2.20. The van der Waals surface area contributed by atoms with E-state index in [1.54, 1.807) is 0 Å². The maximum absolute atomic E-state index is 4.58. The predicted molar refractivity (Wildman–Crippen MR) is 49.3 cm³/mol. The van der Waals surface area contributed by atoms with E-state index in [2.05, 4.69) is 29.6 Å². The van der Waals surface area contributed by atoms with Gasteiger partial charge in [-0.15, -0.1) is 0 Å². The van der Waals surface area contributed by atoms with E-state index < -0.39 is 0 Å². The number of aromatic nitrogens is 2. The number of hydrogen-bond donors (Lipinski definition) is 0. The van der Waals surface area contributed by atoms with E-state index in [0.29, 0.717) is 6.04 Å². The largest absolute Gasteiger partial charge is 0.332 e. The highest BCUT2D eigenvalue weighted by atomic mass is 15.1. The van der Waals surface area contributed by atoms with Gasteiger partial charge in [0, 0.05) is 18.7 Å². The minimum Gasteiger partial charge on any atom is -0.332 e. The molecule has 0 amide bonds. The molecular formula is C10H16N2. The predicted octanol–water partition coefficient (Wildman–Crippen LogP) is 2.34. The number of aryl methyl sites for hydroxylation is 2. The Balaban J connectivity index is 2.37. The third kappa shape index (κ3) is 1.15. The van der Waals surface area contributed by atoms with Gasteiger partial charge in [-0.25, -0.2) is 4.98 Å². The quantitative estimate of drug-likeness (QED) is 0.623. The highest BCUT2D eigenvalue weighted by Crippen LogP contribution is 2.23. The summed E-state index contributed by atoms with van der Waals surface area (Å²) in [6.07, 6.45) is 7.07. The molecule has 12 heavy (non-hydrogen) atoms. The van der Waals surface area contributed by atoms with Crippen LogP contribution >= 0.6 is 0 Å². The summed E-state index contributed by atoms with van der Waals surface area (Å²) in [4.78, 5) is 4.58. The third-order valence-corrected chi connectivity index (χ3v) is 2.72. The Morgan fingerprint density at radius 1 is 1.67 bits per heavy atom. The SMILES string of the molecule is CCc1cn2c(n1)CCCC2C. The van der Waals surface area contributed by atoms with Crippen molar-refractivity contribution in [3.8, 4) is 0 Å². The van der Waals surface area contributed by atoms with Crippen LogP contribution in [0.25, 0.3) is 0 Å². The summed E-state index contributed by atoms with van der Waals surface area (Å²) in [6.45, 7) is 4.45. The Kier molecular flexibility index (Phi) is 1.91. The minimum atomic E-state index is 0.668. The second kappa shape index (κ2) is 2.92. The van der Waals surface area contributed by atoms with E-state index in [0.717, 1.165) is 6.42 Å². The number of nitrogens with zero attached hydrogens (tertiary/aromatic N) is 2. The van der Waals surface area contributed by atoms with Crippen LogP contribution in [0.5, 0.6) is 0 Å². The lowest BCUT2D eigenvalue weighted by atomic mass is 10.1. The van der Waals surface area contributed by atoms with Crippen molar-refractivity contribution in [1.82, 2.24) is 9.55 Å². The Labute approximate surface area is 73.6 Å². The van der Waals surface area contributed by atoms with Gasteiger partial charge in [-0.3, -0.25) is 0 Å². The van der Waals surface area contributed by atoms with Gasteiger partial charge in [-0.05, 0) is 26.2 Å². The molecule has 2 rings (SSSR count). The van der Waals surface area contributed by atoms with E-state index in [1.807, 2.05) is 0 Å². The molecule has 1 aliphatic heterocycles. The molecule has 2 heterocycles. The summed E-state index contributed by atoms with van der Waals surface area (Å²) in [6, 6.07) is 0.668. The van der Waals surface area contributed by atoms with Crippen LogP contribution < -0.4 is 0 Å². The van der Waals surface area contributed by atoms with Crippen LogP contribution in [0.1, 0.15) is 44.2 Å². The van der Waals surface area contributed by atoms with Crippen LogP contribution in [0.4, 0.5) is 0 Å². The zero-order chi connectivity index (χ0) is 8.55. The van der Waals surface area contributed by atoms with Crippen LogP contribution in [0.2, 0.25) is 0 Å². The molecule has 1 atom stereocenters. The van der Waals surface area contributed by atoms with Crippen LogP contribution in [0, 0.1) is 0 Å². The van der Waals surface area contributed by atoms with Crippen LogP contribution in [0.3, 0.4) is 0 Å². The van der Waals surface area contributed by atoms with Gasteiger partial charge in [0.25, 0.3) is 0 Å². The van der Waals surface area contributed by atoms with Crippen molar-refractivity contribution in [1.29, 1.82) is 0 Å². The van der Waals surface area contributed by atoms with Crippen LogP contribution in [-0.2, 0) is 12.8 Å². The topological polar surface area (TPSA) is 17.8 Å². The molecular weight excluding hydrogens is 148 g/mol. The van der Waals surface area contributed by atoms with Gasteiger partial charge in [-0.2, -0.15) is 0 Å². The molecule has 0 aliphatic carbocycles. The highest BCUT2D eigenvalue weighted by molar-refractivity contribution is 5.07. The summed E-state index contributed by atoms with van der Waals surface area (Å²) in [5.74, 6) is 1.30.